The second-order valence-electron chi connectivity index (χ2n) is 5.37. The molecule has 1 saturated heterocycles. The first-order chi connectivity index (χ1) is 8.76. The van der Waals surface area contributed by atoms with Gasteiger partial charge in [-0.25, -0.2) is 0 Å². The van der Waals surface area contributed by atoms with Gasteiger partial charge < -0.3 is 19.1 Å². The molecule has 1 saturated carbocycles. The predicted molar refractivity (Wildman–Crippen MR) is 70.6 cm³/mol. The van der Waals surface area contributed by atoms with E-state index in [4.69, 9.17) is 14.2 Å². The van der Waals surface area contributed by atoms with E-state index in [0.29, 0.717) is 6.04 Å². The van der Waals surface area contributed by atoms with Crippen LogP contribution in [0.3, 0.4) is 0 Å². The van der Waals surface area contributed by atoms with E-state index < -0.39 is 0 Å². The Labute approximate surface area is 111 Å². The average Bonchev–Trinajstić information content (AvgIpc) is 2.84. The van der Waals surface area contributed by atoms with Gasteiger partial charge in [0.2, 0.25) is 0 Å². The smallest absolute Gasteiger partial charge is 0.168 e. The molecule has 18 heavy (non-hydrogen) atoms. The summed E-state index contributed by atoms with van der Waals surface area (Å²) in [5, 5.41) is 0. The maximum Gasteiger partial charge on any atom is 0.168 e. The normalized spacial score (nSPS) is 24.2. The molecule has 0 radical (unpaired) electrons. The number of nitrogens with zero attached hydrogens (tertiary/aromatic N) is 1. The van der Waals surface area contributed by atoms with Gasteiger partial charge in [0.15, 0.2) is 5.79 Å². The van der Waals surface area contributed by atoms with Gasteiger partial charge in [0.1, 0.15) is 0 Å². The first kappa shape index (κ1) is 14.3. The van der Waals surface area contributed by atoms with Crippen molar-refractivity contribution in [2.24, 2.45) is 0 Å². The molecule has 0 N–H and O–H groups in total. The molecule has 0 aromatic carbocycles. The molecule has 0 unspecified atom stereocenters. The van der Waals surface area contributed by atoms with Crippen LogP contribution >= 0.6 is 0 Å². The lowest BCUT2D eigenvalue weighted by Gasteiger charge is -2.39. The molecule has 1 spiro atoms. The Kier molecular flexibility index (Phi) is 5.42. The van der Waals surface area contributed by atoms with Crippen molar-refractivity contribution in [3.63, 3.8) is 0 Å². The summed E-state index contributed by atoms with van der Waals surface area (Å²) in [6.07, 6.45) is 5.59. The van der Waals surface area contributed by atoms with Gasteiger partial charge in [-0.2, -0.15) is 0 Å². The summed E-state index contributed by atoms with van der Waals surface area (Å²) >= 11 is 0. The van der Waals surface area contributed by atoms with Crippen molar-refractivity contribution >= 4 is 0 Å². The molecule has 1 aliphatic carbocycles. The van der Waals surface area contributed by atoms with Crippen molar-refractivity contribution in [2.75, 3.05) is 40.0 Å². The Hall–Kier alpha value is -0.160. The maximum absolute atomic E-state index is 5.76. The van der Waals surface area contributed by atoms with Crippen LogP contribution in [0, 0.1) is 0 Å². The Balaban J connectivity index is 1.65. The average molecular weight is 257 g/mol. The van der Waals surface area contributed by atoms with Gasteiger partial charge in [0.25, 0.3) is 0 Å². The van der Waals surface area contributed by atoms with Crippen LogP contribution in [-0.4, -0.2) is 56.7 Å². The third kappa shape index (κ3) is 3.67. The van der Waals surface area contributed by atoms with Crippen molar-refractivity contribution in [3.05, 3.63) is 0 Å². The number of ether oxygens (including phenoxy) is 3. The molecule has 0 aromatic heterocycles. The van der Waals surface area contributed by atoms with Crippen molar-refractivity contribution in [1.29, 1.82) is 0 Å². The fourth-order valence-corrected chi connectivity index (χ4v) is 3.01. The first-order valence-electron chi connectivity index (χ1n) is 7.32. The minimum atomic E-state index is -0.220. The zero-order valence-corrected chi connectivity index (χ0v) is 11.8. The summed E-state index contributed by atoms with van der Waals surface area (Å²) in [6, 6.07) is 0.685. The molecule has 1 aliphatic heterocycles. The van der Waals surface area contributed by atoms with Crippen LogP contribution < -0.4 is 0 Å². The molecule has 4 heteroatoms. The molecular formula is C14H27NO3. The van der Waals surface area contributed by atoms with Gasteiger partial charge in [-0.1, -0.05) is 0 Å². The molecule has 0 atom stereocenters. The third-order valence-corrected chi connectivity index (χ3v) is 4.16. The van der Waals surface area contributed by atoms with Gasteiger partial charge in [0, 0.05) is 38.6 Å². The molecule has 4 nitrogen and oxygen atoms in total. The van der Waals surface area contributed by atoms with Gasteiger partial charge in [-0.15, -0.1) is 0 Å². The summed E-state index contributed by atoms with van der Waals surface area (Å²) in [5.41, 5.74) is 0. The molecule has 0 bridgehead atoms. The Morgan fingerprint density at radius 1 is 1.22 bits per heavy atom. The zero-order valence-electron chi connectivity index (χ0n) is 11.8. The highest BCUT2D eigenvalue weighted by Gasteiger charge is 2.40. The van der Waals surface area contributed by atoms with Crippen LogP contribution in [0.25, 0.3) is 0 Å². The molecule has 2 rings (SSSR count). The van der Waals surface area contributed by atoms with E-state index in [-0.39, 0.29) is 5.79 Å². The largest absolute Gasteiger partial charge is 0.382 e. The quantitative estimate of drug-likeness (QED) is 0.681. The minimum absolute atomic E-state index is 0.220. The minimum Gasteiger partial charge on any atom is -0.382 e. The van der Waals surface area contributed by atoms with Crippen LogP contribution in [0.1, 0.15) is 39.0 Å². The molecule has 106 valence electrons. The second kappa shape index (κ2) is 6.85. The summed E-state index contributed by atoms with van der Waals surface area (Å²) in [6.45, 7) is 6.42. The van der Waals surface area contributed by atoms with Crippen molar-refractivity contribution in [2.45, 2.75) is 50.9 Å². The lowest BCUT2D eigenvalue weighted by Crippen LogP contribution is -2.43. The number of hydrogen-bond acceptors (Lipinski definition) is 4. The van der Waals surface area contributed by atoms with Gasteiger partial charge in [-0.05, 0) is 33.2 Å². The van der Waals surface area contributed by atoms with Crippen molar-refractivity contribution in [1.82, 2.24) is 4.90 Å². The number of hydrogen-bond donors (Lipinski definition) is 0. The van der Waals surface area contributed by atoms with E-state index in [1.165, 1.54) is 12.8 Å². The van der Waals surface area contributed by atoms with Crippen molar-refractivity contribution in [3.8, 4) is 0 Å². The zero-order chi connectivity index (χ0) is 12.8. The van der Waals surface area contributed by atoms with Crippen LogP contribution in [0.15, 0.2) is 0 Å². The van der Waals surface area contributed by atoms with Crippen LogP contribution in [0.2, 0.25) is 0 Å². The number of rotatable bonds is 6. The topological polar surface area (TPSA) is 30.9 Å². The SMILES string of the molecule is CCOCCCN(C)C1CCC2(CC1)OCCO2. The van der Waals surface area contributed by atoms with E-state index in [1.54, 1.807) is 0 Å². The van der Waals surface area contributed by atoms with Crippen LogP contribution in [-0.2, 0) is 14.2 Å². The maximum atomic E-state index is 5.76. The molecule has 0 amide bonds. The van der Waals surface area contributed by atoms with E-state index in [1.807, 2.05) is 6.92 Å². The lowest BCUT2D eigenvalue weighted by atomic mass is 9.89. The van der Waals surface area contributed by atoms with Crippen LogP contribution in [0.4, 0.5) is 0 Å². The van der Waals surface area contributed by atoms with E-state index in [2.05, 4.69) is 11.9 Å². The van der Waals surface area contributed by atoms with E-state index >= 15 is 0 Å². The van der Waals surface area contributed by atoms with E-state index in [0.717, 1.165) is 52.2 Å². The van der Waals surface area contributed by atoms with E-state index in [9.17, 15) is 0 Å². The Bertz CT molecular complexity index is 231. The molecule has 1 heterocycles. The van der Waals surface area contributed by atoms with Gasteiger partial charge >= 0.3 is 0 Å². The molecular weight excluding hydrogens is 230 g/mol. The summed E-state index contributed by atoms with van der Waals surface area (Å²) in [4.78, 5) is 2.47. The van der Waals surface area contributed by atoms with Gasteiger partial charge in [-0.3, -0.25) is 0 Å². The molecule has 2 aliphatic rings. The van der Waals surface area contributed by atoms with Crippen molar-refractivity contribution < 1.29 is 14.2 Å². The lowest BCUT2D eigenvalue weighted by molar-refractivity contribution is -0.183. The second-order valence-corrected chi connectivity index (χ2v) is 5.37. The predicted octanol–water partition coefficient (Wildman–Crippen LogP) is 2.03. The molecule has 0 aromatic rings. The highest BCUT2D eigenvalue weighted by atomic mass is 16.7. The Morgan fingerprint density at radius 2 is 1.89 bits per heavy atom. The fraction of sp³-hybridized carbons (Fsp3) is 1.00. The summed E-state index contributed by atoms with van der Waals surface area (Å²) < 4.78 is 16.9. The molecule has 2 fully saturated rings. The van der Waals surface area contributed by atoms with Crippen LogP contribution in [0.5, 0.6) is 0 Å². The summed E-state index contributed by atoms with van der Waals surface area (Å²) in [7, 11) is 2.23. The highest BCUT2D eigenvalue weighted by molar-refractivity contribution is 4.85. The monoisotopic (exact) mass is 257 g/mol. The third-order valence-electron chi connectivity index (χ3n) is 4.16. The first-order valence-corrected chi connectivity index (χ1v) is 7.32. The Morgan fingerprint density at radius 3 is 2.50 bits per heavy atom. The highest BCUT2D eigenvalue weighted by Crippen LogP contribution is 2.36. The summed E-state index contributed by atoms with van der Waals surface area (Å²) in [5.74, 6) is -0.220. The fourth-order valence-electron chi connectivity index (χ4n) is 3.01. The standard InChI is InChI=1S/C14H27NO3/c1-3-16-10-4-9-15(2)13-5-7-14(8-6-13)17-11-12-18-14/h13H,3-12H2,1-2H3. The van der Waals surface area contributed by atoms with Gasteiger partial charge in [0.05, 0.1) is 13.2 Å².